The van der Waals surface area contributed by atoms with Crippen LogP contribution in [0.4, 0.5) is 0 Å². The molecule has 0 bridgehead atoms. The summed E-state index contributed by atoms with van der Waals surface area (Å²) in [5.41, 5.74) is -0.229. The normalized spacial score (nSPS) is 11.0. The Bertz CT molecular complexity index is 1170. The minimum absolute atomic E-state index is 0.129. The van der Waals surface area contributed by atoms with Gasteiger partial charge in [0.05, 0.1) is 13.1 Å². The van der Waals surface area contributed by atoms with Crippen LogP contribution in [0, 0.1) is 0 Å². The first-order valence-corrected chi connectivity index (χ1v) is 10.0. The van der Waals surface area contributed by atoms with Crippen molar-refractivity contribution in [3.05, 3.63) is 90.1 Å². The molecule has 0 N–H and O–H groups in total. The Morgan fingerprint density at radius 1 is 1.04 bits per heavy atom. The fraction of sp³-hybridized carbons (Fsp3) is 0.263. The number of halogens is 1. The fourth-order valence-electron chi connectivity index (χ4n) is 2.74. The highest BCUT2D eigenvalue weighted by Gasteiger charge is 2.15. The molecule has 0 saturated carbocycles. The van der Waals surface area contributed by atoms with Crippen LogP contribution in [0.3, 0.4) is 0 Å². The monoisotopic (exact) mass is 418 g/mol. The van der Waals surface area contributed by atoms with Crippen LogP contribution in [0.5, 0.6) is 0 Å². The Hall–Kier alpha value is -2.58. The molecule has 3 aromatic rings. The quantitative estimate of drug-likeness (QED) is 0.572. The molecule has 0 saturated heterocycles. The van der Waals surface area contributed by atoms with Gasteiger partial charge >= 0.3 is 11.4 Å². The van der Waals surface area contributed by atoms with E-state index < -0.39 is 11.4 Å². The second kappa shape index (κ2) is 8.62. The molecule has 2 aromatic heterocycles. The van der Waals surface area contributed by atoms with E-state index in [0.717, 1.165) is 10.1 Å². The van der Waals surface area contributed by atoms with E-state index in [0.29, 0.717) is 21.5 Å². The van der Waals surface area contributed by atoms with E-state index in [4.69, 9.17) is 11.6 Å². The maximum atomic E-state index is 13.1. The van der Waals surface area contributed by atoms with Crippen molar-refractivity contribution in [2.24, 2.45) is 7.05 Å². The van der Waals surface area contributed by atoms with Gasteiger partial charge in [-0.3, -0.25) is 9.36 Å². The van der Waals surface area contributed by atoms with Gasteiger partial charge in [-0.15, -0.1) is 0 Å². The standard InChI is InChI=1S/C19H19ClN4O3S/c1-3-28-18-21-17(26)23(12-14-5-4-10-22(2)16(14)25)19(27)24(18)11-13-6-8-15(20)9-7-13/h4-10H,3,11-12H2,1-2H3. The molecule has 0 radical (unpaired) electrons. The van der Waals surface area contributed by atoms with Crippen LogP contribution in [0.1, 0.15) is 18.1 Å². The van der Waals surface area contributed by atoms with Gasteiger partial charge in [-0.1, -0.05) is 48.5 Å². The number of benzene rings is 1. The third-order valence-electron chi connectivity index (χ3n) is 4.17. The van der Waals surface area contributed by atoms with E-state index >= 15 is 0 Å². The number of nitrogens with zero attached hydrogens (tertiary/aromatic N) is 4. The van der Waals surface area contributed by atoms with Crippen LogP contribution < -0.4 is 16.9 Å². The summed E-state index contributed by atoms with van der Waals surface area (Å²) in [5.74, 6) is 0.662. The minimum Gasteiger partial charge on any atom is -0.318 e. The van der Waals surface area contributed by atoms with Gasteiger partial charge in [0.2, 0.25) is 0 Å². The van der Waals surface area contributed by atoms with Gasteiger partial charge < -0.3 is 4.57 Å². The Kier molecular flexibility index (Phi) is 6.21. The predicted molar refractivity (Wildman–Crippen MR) is 110 cm³/mol. The highest BCUT2D eigenvalue weighted by molar-refractivity contribution is 7.99. The minimum atomic E-state index is -0.667. The summed E-state index contributed by atoms with van der Waals surface area (Å²) in [5, 5.41) is 0.951. The van der Waals surface area contributed by atoms with Gasteiger partial charge in [0.1, 0.15) is 0 Å². The Morgan fingerprint density at radius 3 is 2.43 bits per heavy atom. The molecule has 0 aliphatic rings. The van der Waals surface area contributed by atoms with E-state index in [1.165, 1.54) is 20.9 Å². The molecule has 0 aliphatic heterocycles. The number of hydrogen-bond donors (Lipinski definition) is 0. The zero-order chi connectivity index (χ0) is 20.3. The van der Waals surface area contributed by atoms with Crippen molar-refractivity contribution in [3.63, 3.8) is 0 Å². The smallest absolute Gasteiger partial charge is 0.318 e. The van der Waals surface area contributed by atoms with Gasteiger partial charge in [0, 0.05) is 23.8 Å². The summed E-state index contributed by atoms with van der Waals surface area (Å²) in [4.78, 5) is 41.9. The highest BCUT2D eigenvalue weighted by atomic mass is 35.5. The predicted octanol–water partition coefficient (Wildman–Crippen LogP) is 1.97. The highest BCUT2D eigenvalue weighted by Crippen LogP contribution is 2.15. The lowest BCUT2D eigenvalue weighted by Crippen LogP contribution is -2.43. The van der Waals surface area contributed by atoms with Crippen LogP contribution in [-0.2, 0) is 20.1 Å². The average Bonchev–Trinajstić information content (AvgIpc) is 2.67. The molecule has 7 nitrogen and oxygen atoms in total. The van der Waals surface area contributed by atoms with Crippen LogP contribution in [0.15, 0.2) is 62.1 Å². The first kappa shape index (κ1) is 20.2. The first-order valence-electron chi connectivity index (χ1n) is 8.64. The number of aryl methyl sites for hydroxylation is 1. The van der Waals surface area contributed by atoms with Crippen molar-refractivity contribution in [1.29, 1.82) is 0 Å². The molecule has 28 heavy (non-hydrogen) atoms. The summed E-state index contributed by atoms with van der Waals surface area (Å²) >= 11 is 7.25. The van der Waals surface area contributed by atoms with Crippen LogP contribution >= 0.6 is 23.4 Å². The largest absolute Gasteiger partial charge is 0.354 e. The molecule has 0 spiro atoms. The number of pyridine rings is 1. The topological polar surface area (TPSA) is 78.9 Å². The number of aromatic nitrogens is 4. The third kappa shape index (κ3) is 4.28. The van der Waals surface area contributed by atoms with Crippen molar-refractivity contribution in [1.82, 2.24) is 18.7 Å². The number of thioether (sulfide) groups is 1. The van der Waals surface area contributed by atoms with Crippen molar-refractivity contribution in [2.45, 2.75) is 25.2 Å². The van der Waals surface area contributed by atoms with E-state index in [-0.39, 0.29) is 18.6 Å². The number of hydrogen-bond acceptors (Lipinski definition) is 5. The molecular formula is C19H19ClN4O3S. The number of rotatable bonds is 6. The Labute approximate surface area is 170 Å². The molecule has 0 amide bonds. The average molecular weight is 419 g/mol. The molecule has 9 heteroatoms. The van der Waals surface area contributed by atoms with Gasteiger partial charge in [0.15, 0.2) is 5.16 Å². The summed E-state index contributed by atoms with van der Waals surface area (Å²) in [6.45, 7) is 2.04. The van der Waals surface area contributed by atoms with Crippen molar-refractivity contribution < 1.29 is 0 Å². The summed E-state index contributed by atoms with van der Waals surface area (Å²) < 4.78 is 3.85. The summed E-state index contributed by atoms with van der Waals surface area (Å²) in [7, 11) is 1.62. The zero-order valence-electron chi connectivity index (χ0n) is 15.5. The van der Waals surface area contributed by atoms with Crippen LogP contribution in [0.2, 0.25) is 5.02 Å². The molecule has 0 fully saturated rings. The van der Waals surface area contributed by atoms with Gasteiger partial charge in [0.25, 0.3) is 5.56 Å². The molecule has 2 heterocycles. The van der Waals surface area contributed by atoms with Crippen molar-refractivity contribution in [3.8, 4) is 0 Å². The van der Waals surface area contributed by atoms with E-state index in [1.807, 2.05) is 19.1 Å². The van der Waals surface area contributed by atoms with E-state index in [1.54, 1.807) is 37.5 Å². The fourth-order valence-corrected chi connectivity index (χ4v) is 3.56. The Balaban J connectivity index is 2.10. The summed E-state index contributed by atoms with van der Waals surface area (Å²) in [6.07, 6.45) is 1.62. The van der Waals surface area contributed by atoms with E-state index in [2.05, 4.69) is 4.98 Å². The SMILES string of the molecule is CCSc1nc(=O)n(Cc2cccn(C)c2=O)c(=O)n1Cc1ccc(Cl)cc1. The van der Waals surface area contributed by atoms with Crippen LogP contribution in [0.25, 0.3) is 0 Å². The lowest BCUT2D eigenvalue weighted by molar-refractivity contribution is 0.524. The second-order valence-electron chi connectivity index (χ2n) is 6.14. The molecule has 0 atom stereocenters. The first-order chi connectivity index (χ1) is 13.4. The van der Waals surface area contributed by atoms with Crippen LogP contribution in [-0.4, -0.2) is 24.4 Å². The van der Waals surface area contributed by atoms with Gasteiger partial charge in [-0.2, -0.15) is 4.98 Å². The lowest BCUT2D eigenvalue weighted by Gasteiger charge is -2.14. The molecule has 0 unspecified atom stereocenters. The summed E-state index contributed by atoms with van der Waals surface area (Å²) in [6, 6.07) is 10.4. The lowest BCUT2D eigenvalue weighted by atomic mass is 10.2. The molecule has 0 aliphatic carbocycles. The maximum Gasteiger partial charge on any atom is 0.354 e. The molecule has 3 rings (SSSR count). The molecular weight excluding hydrogens is 400 g/mol. The zero-order valence-corrected chi connectivity index (χ0v) is 17.0. The van der Waals surface area contributed by atoms with Crippen molar-refractivity contribution >= 4 is 23.4 Å². The van der Waals surface area contributed by atoms with E-state index in [9.17, 15) is 14.4 Å². The third-order valence-corrected chi connectivity index (χ3v) is 5.28. The Morgan fingerprint density at radius 2 is 1.75 bits per heavy atom. The molecule has 1 aromatic carbocycles. The second-order valence-corrected chi connectivity index (χ2v) is 7.81. The molecule has 146 valence electrons. The van der Waals surface area contributed by atoms with Crippen molar-refractivity contribution in [2.75, 3.05) is 5.75 Å². The van der Waals surface area contributed by atoms with Gasteiger partial charge in [-0.05, 0) is 29.5 Å². The van der Waals surface area contributed by atoms with Gasteiger partial charge in [-0.25, -0.2) is 14.2 Å². The maximum absolute atomic E-state index is 13.1.